The van der Waals surface area contributed by atoms with E-state index in [0.717, 1.165) is 11.3 Å². The molecule has 0 aliphatic heterocycles. The number of rotatable bonds is 5. The monoisotopic (exact) mass is 328 g/mol. The highest BCUT2D eigenvalue weighted by molar-refractivity contribution is 6.67. The molecule has 0 bridgehead atoms. The van der Waals surface area contributed by atoms with Crippen molar-refractivity contribution >= 4 is 16.8 Å². The second kappa shape index (κ2) is 6.58. The Kier molecular flexibility index (Phi) is 4.34. The van der Waals surface area contributed by atoms with Gasteiger partial charge in [-0.25, -0.2) is 0 Å². The number of nitrogens with zero attached hydrogens (tertiary/aromatic N) is 4. The van der Waals surface area contributed by atoms with Crippen molar-refractivity contribution in [2.45, 2.75) is 6.54 Å². The number of ether oxygens (including phenoxy) is 1. The topological polar surface area (TPSA) is 69.9 Å². The quantitative estimate of drug-likeness (QED) is 0.673. The number of benzene rings is 2. The standard InChI is InChI=1S/C16H13ClN4O2/c1-23-14-7-5-11(6-8-14)10-21-19-16(18-20-21)13-4-2-3-12(9-13)15(17)22/h2-9H,10H2,1H3. The highest BCUT2D eigenvalue weighted by Gasteiger charge is 2.09. The Morgan fingerprint density at radius 1 is 1.22 bits per heavy atom. The van der Waals surface area contributed by atoms with Gasteiger partial charge in [0.25, 0.3) is 5.24 Å². The van der Waals surface area contributed by atoms with Gasteiger partial charge in [0.15, 0.2) is 0 Å². The molecule has 0 spiro atoms. The van der Waals surface area contributed by atoms with Crippen molar-refractivity contribution in [2.24, 2.45) is 0 Å². The second-order valence-corrected chi connectivity index (χ2v) is 5.19. The van der Waals surface area contributed by atoms with Crippen LogP contribution < -0.4 is 4.74 Å². The van der Waals surface area contributed by atoms with Gasteiger partial charge in [-0.05, 0) is 40.6 Å². The summed E-state index contributed by atoms with van der Waals surface area (Å²) in [6, 6.07) is 14.5. The number of hydrogen-bond acceptors (Lipinski definition) is 5. The number of tetrazole rings is 1. The maximum absolute atomic E-state index is 11.2. The summed E-state index contributed by atoms with van der Waals surface area (Å²) in [7, 11) is 1.62. The van der Waals surface area contributed by atoms with Crippen LogP contribution in [0.15, 0.2) is 48.5 Å². The summed E-state index contributed by atoms with van der Waals surface area (Å²) in [6.07, 6.45) is 0. The number of methoxy groups -OCH3 is 1. The van der Waals surface area contributed by atoms with E-state index in [1.54, 1.807) is 31.4 Å². The van der Waals surface area contributed by atoms with Gasteiger partial charge in [0, 0.05) is 11.1 Å². The summed E-state index contributed by atoms with van der Waals surface area (Å²) in [5.41, 5.74) is 2.12. The molecule has 3 aromatic rings. The first-order valence-electron chi connectivity index (χ1n) is 6.87. The first kappa shape index (κ1) is 15.2. The van der Waals surface area contributed by atoms with E-state index >= 15 is 0 Å². The van der Waals surface area contributed by atoms with Crippen molar-refractivity contribution in [3.63, 3.8) is 0 Å². The molecule has 1 heterocycles. The van der Waals surface area contributed by atoms with Crippen LogP contribution in [0.25, 0.3) is 11.4 Å². The van der Waals surface area contributed by atoms with Gasteiger partial charge in [0.2, 0.25) is 5.82 Å². The number of aromatic nitrogens is 4. The molecule has 0 N–H and O–H groups in total. The first-order chi connectivity index (χ1) is 11.2. The molecular weight excluding hydrogens is 316 g/mol. The van der Waals surface area contributed by atoms with Crippen molar-refractivity contribution in [3.8, 4) is 17.1 Å². The lowest BCUT2D eigenvalue weighted by atomic mass is 10.1. The molecule has 3 rings (SSSR count). The van der Waals surface area contributed by atoms with Crippen LogP contribution in [0.2, 0.25) is 0 Å². The average molecular weight is 329 g/mol. The van der Waals surface area contributed by atoms with E-state index in [9.17, 15) is 4.79 Å². The van der Waals surface area contributed by atoms with E-state index in [4.69, 9.17) is 16.3 Å². The van der Waals surface area contributed by atoms with Gasteiger partial charge < -0.3 is 4.74 Å². The number of halogens is 1. The van der Waals surface area contributed by atoms with Crippen LogP contribution in [-0.4, -0.2) is 32.6 Å². The van der Waals surface area contributed by atoms with Crippen LogP contribution in [0.1, 0.15) is 15.9 Å². The zero-order chi connectivity index (χ0) is 16.2. The van der Waals surface area contributed by atoms with E-state index in [2.05, 4.69) is 15.4 Å². The van der Waals surface area contributed by atoms with Gasteiger partial charge in [-0.2, -0.15) is 4.80 Å². The van der Waals surface area contributed by atoms with Gasteiger partial charge >= 0.3 is 0 Å². The molecule has 0 aliphatic carbocycles. The maximum Gasteiger partial charge on any atom is 0.252 e. The fourth-order valence-corrected chi connectivity index (χ4v) is 2.22. The Morgan fingerprint density at radius 2 is 2.00 bits per heavy atom. The van der Waals surface area contributed by atoms with Gasteiger partial charge in [-0.1, -0.05) is 30.3 Å². The number of carbonyl (C=O) groups excluding carboxylic acids is 1. The van der Waals surface area contributed by atoms with Crippen molar-refractivity contribution in [1.29, 1.82) is 0 Å². The lowest BCUT2D eigenvalue weighted by Crippen LogP contribution is -2.04. The zero-order valence-electron chi connectivity index (χ0n) is 12.3. The van der Waals surface area contributed by atoms with E-state index in [1.807, 2.05) is 24.3 Å². The summed E-state index contributed by atoms with van der Waals surface area (Å²) >= 11 is 5.49. The van der Waals surface area contributed by atoms with Crippen LogP contribution in [-0.2, 0) is 6.54 Å². The minimum atomic E-state index is -0.516. The smallest absolute Gasteiger partial charge is 0.252 e. The fourth-order valence-electron chi connectivity index (χ4n) is 2.10. The third kappa shape index (κ3) is 3.54. The third-order valence-corrected chi connectivity index (χ3v) is 3.50. The summed E-state index contributed by atoms with van der Waals surface area (Å²) in [6.45, 7) is 0.491. The molecule has 0 amide bonds. The van der Waals surface area contributed by atoms with Crippen LogP contribution in [0, 0.1) is 0 Å². The molecule has 23 heavy (non-hydrogen) atoms. The van der Waals surface area contributed by atoms with E-state index in [0.29, 0.717) is 23.5 Å². The summed E-state index contributed by atoms with van der Waals surface area (Å²) in [5, 5.41) is 11.9. The predicted octanol–water partition coefficient (Wildman–Crippen LogP) is 2.78. The van der Waals surface area contributed by atoms with Crippen molar-refractivity contribution < 1.29 is 9.53 Å². The van der Waals surface area contributed by atoms with Crippen LogP contribution >= 0.6 is 11.6 Å². The van der Waals surface area contributed by atoms with Crippen LogP contribution in [0.3, 0.4) is 0 Å². The molecule has 0 saturated heterocycles. The van der Waals surface area contributed by atoms with Gasteiger partial charge in [0.05, 0.1) is 13.7 Å². The second-order valence-electron chi connectivity index (χ2n) is 4.85. The molecule has 7 heteroatoms. The molecule has 0 saturated carbocycles. The number of carbonyl (C=O) groups is 1. The summed E-state index contributed by atoms with van der Waals surface area (Å²) in [4.78, 5) is 12.7. The van der Waals surface area contributed by atoms with Crippen LogP contribution in [0.5, 0.6) is 5.75 Å². The molecular formula is C16H13ClN4O2. The van der Waals surface area contributed by atoms with Gasteiger partial charge in [-0.15, -0.1) is 10.2 Å². The fraction of sp³-hybridized carbons (Fsp3) is 0.125. The molecule has 0 radical (unpaired) electrons. The SMILES string of the molecule is COc1ccc(Cn2nnc(-c3cccc(C(=O)Cl)c3)n2)cc1. The summed E-state index contributed by atoms with van der Waals surface area (Å²) < 4.78 is 5.12. The highest BCUT2D eigenvalue weighted by atomic mass is 35.5. The van der Waals surface area contributed by atoms with E-state index in [1.165, 1.54) is 4.80 Å². The Balaban J connectivity index is 1.79. The lowest BCUT2D eigenvalue weighted by molar-refractivity contribution is 0.108. The molecule has 0 aliphatic rings. The highest BCUT2D eigenvalue weighted by Crippen LogP contribution is 2.17. The van der Waals surface area contributed by atoms with Gasteiger partial charge in [-0.3, -0.25) is 4.79 Å². The zero-order valence-corrected chi connectivity index (χ0v) is 13.1. The Labute approximate surface area is 137 Å². The molecule has 1 aromatic heterocycles. The molecule has 2 aromatic carbocycles. The van der Waals surface area contributed by atoms with Crippen molar-refractivity contribution in [1.82, 2.24) is 20.2 Å². The minimum Gasteiger partial charge on any atom is -0.497 e. The van der Waals surface area contributed by atoms with E-state index in [-0.39, 0.29) is 0 Å². The lowest BCUT2D eigenvalue weighted by Gasteiger charge is -2.02. The third-order valence-electron chi connectivity index (χ3n) is 3.28. The Bertz CT molecular complexity index is 830. The molecule has 116 valence electrons. The first-order valence-corrected chi connectivity index (χ1v) is 7.24. The molecule has 0 fully saturated rings. The maximum atomic E-state index is 11.2. The number of hydrogen-bond donors (Lipinski definition) is 0. The minimum absolute atomic E-state index is 0.399. The molecule has 0 unspecified atom stereocenters. The van der Waals surface area contributed by atoms with Crippen molar-refractivity contribution in [3.05, 3.63) is 59.7 Å². The Hall–Kier alpha value is -2.73. The average Bonchev–Trinajstić information content (AvgIpc) is 3.04. The normalized spacial score (nSPS) is 10.5. The summed E-state index contributed by atoms with van der Waals surface area (Å²) in [5.74, 6) is 1.24. The molecule has 0 atom stereocenters. The predicted molar refractivity (Wildman–Crippen MR) is 85.5 cm³/mol. The molecule has 6 nitrogen and oxygen atoms in total. The van der Waals surface area contributed by atoms with Gasteiger partial charge in [0.1, 0.15) is 5.75 Å². The van der Waals surface area contributed by atoms with Crippen molar-refractivity contribution in [2.75, 3.05) is 7.11 Å². The largest absolute Gasteiger partial charge is 0.497 e. The Morgan fingerprint density at radius 3 is 2.70 bits per heavy atom. The van der Waals surface area contributed by atoms with Crippen LogP contribution in [0.4, 0.5) is 0 Å². The van der Waals surface area contributed by atoms with E-state index < -0.39 is 5.24 Å².